The monoisotopic (exact) mass is 342 g/mol. The van der Waals surface area contributed by atoms with Gasteiger partial charge in [0.15, 0.2) is 5.16 Å². The average molecular weight is 343 g/mol. The van der Waals surface area contributed by atoms with Crippen molar-refractivity contribution in [3.8, 4) is 0 Å². The molecular weight excluding hydrogens is 332 g/mol. The molecule has 4 rings (SSSR count). The van der Waals surface area contributed by atoms with Gasteiger partial charge in [-0.2, -0.15) is 4.52 Å². The fourth-order valence-corrected chi connectivity index (χ4v) is 3.13. The molecule has 0 radical (unpaired) electrons. The zero-order valence-electron chi connectivity index (χ0n) is 12.1. The molecule has 5 nitrogen and oxygen atoms in total. The Hall–Kier alpha value is -2.31. The molecule has 0 saturated carbocycles. The van der Waals surface area contributed by atoms with Crippen molar-refractivity contribution in [3.05, 3.63) is 59.1 Å². The van der Waals surface area contributed by atoms with Crippen molar-refractivity contribution in [2.45, 2.75) is 5.16 Å². The Morgan fingerprint density at radius 3 is 2.61 bits per heavy atom. The second-order valence-corrected chi connectivity index (χ2v) is 6.16. The predicted molar refractivity (Wildman–Crippen MR) is 91.4 cm³/mol. The van der Waals surface area contributed by atoms with Crippen LogP contribution in [-0.4, -0.2) is 31.3 Å². The number of hydrogen-bond donors (Lipinski definition) is 0. The number of carbonyl (C=O) groups excluding carboxylic acids is 1. The highest BCUT2D eigenvalue weighted by Gasteiger charge is 2.21. The van der Waals surface area contributed by atoms with Crippen molar-refractivity contribution in [1.29, 1.82) is 0 Å². The van der Waals surface area contributed by atoms with Gasteiger partial charge in [-0.15, -0.1) is 5.10 Å². The fraction of sp³-hybridized carbons (Fsp3) is 0.0625. The molecule has 23 heavy (non-hydrogen) atoms. The van der Waals surface area contributed by atoms with E-state index < -0.39 is 0 Å². The fourth-order valence-electron chi connectivity index (χ4n) is 2.49. The van der Waals surface area contributed by atoms with Gasteiger partial charge >= 0.3 is 0 Å². The van der Waals surface area contributed by atoms with E-state index in [0.29, 0.717) is 21.5 Å². The summed E-state index contributed by atoms with van der Waals surface area (Å²) in [5.74, 6) is 0.333. The van der Waals surface area contributed by atoms with Gasteiger partial charge in [0.2, 0.25) is 5.78 Å². The van der Waals surface area contributed by atoms with E-state index in [1.54, 1.807) is 28.8 Å². The van der Waals surface area contributed by atoms with E-state index in [1.165, 1.54) is 16.3 Å². The predicted octanol–water partition coefficient (Wildman–Crippen LogP) is 3.75. The molecule has 0 atom stereocenters. The summed E-state index contributed by atoms with van der Waals surface area (Å²) in [5, 5.41) is 5.70. The molecular formula is C16H11ClN4OS. The Morgan fingerprint density at radius 2 is 1.87 bits per heavy atom. The first kappa shape index (κ1) is 14.3. The number of halogens is 1. The van der Waals surface area contributed by atoms with E-state index in [4.69, 9.17) is 11.6 Å². The SMILES string of the molecule is CSc1nn2c3ccccc3nc2n1C(=O)c1ccc(Cl)cc1. The number of thioether (sulfide) groups is 1. The van der Waals surface area contributed by atoms with Crippen molar-refractivity contribution in [2.24, 2.45) is 0 Å². The lowest BCUT2D eigenvalue weighted by Crippen LogP contribution is -2.13. The molecule has 0 bridgehead atoms. The normalized spacial score (nSPS) is 11.4. The highest BCUT2D eigenvalue weighted by molar-refractivity contribution is 7.98. The van der Waals surface area contributed by atoms with Crippen molar-refractivity contribution in [3.63, 3.8) is 0 Å². The lowest BCUT2D eigenvalue weighted by atomic mass is 10.2. The second-order valence-electron chi connectivity index (χ2n) is 4.95. The zero-order chi connectivity index (χ0) is 16.0. The molecule has 0 aliphatic heterocycles. The quantitative estimate of drug-likeness (QED) is 0.521. The van der Waals surface area contributed by atoms with Crippen LogP contribution in [0.2, 0.25) is 5.02 Å². The van der Waals surface area contributed by atoms with E-state index in [0.717, 1.165) is 11.0 Å². The molecule has 0 N–H and O–H groups in total. The van der Waals surface area contributed by atoms with Crippen LogP contribution in [0.5, 0.6) is 0 Å². The van der Waals surface area contributed by atoms with E-state index in [9.17, 15) is 4.79 Å². The second kappa shape index (κ2) is 5.40. The molecule has 0 fully saturated rings. The minimum Gasteiger partial charge on any atom is -0.268 e. The summed E-state index contributed by atoms with van der Waals surface area (Å²) in [6.45, 7) is 0. The molecule has 114 valence electrons. The third-order valence-corrected chi connectivity index (χ3v) is 4.45. The number of benzene rings is 2. The van der Waals surface area contributed by atoms with Gasteiger partial charge in [-0.05, 0) is 42.7 Å². The molecule has 0 aliphatic carbocycles. The Labute approximate surface area is 140 Å². The van der Waals surface area contributed by atoms with Crippen LogP contribution in [0.25, 0.3) is 16.8 Å². The summed E-state index contributed by atoms with van der Waals surface area (Å²) < 4.78 is 3.24. The van der Waals surface area contributed by atoms with Crippen LogP contribution in [-0.2, 0) is 0 Å². The van der Waals surface area contributed by atoms with Crippen molar-refractivity contribution >= 4 is 46.1 Å². The summed E-state index contributed by atoms with van der Waals surface area (Å²) in [5.41, 5.74) is 2.22. The standard InChI is InChI=1S/C16H11ClN4OS/c1-23-16-19-21-13-5-3-2-4-12(13)18-15(21)20(16)14(22)10-6-8-11(17)9-7-10/h2-9H,1H3. The number of imidazole rings is 1. The Kier molecular flexibility index (Phi) is 3.36. The van der Waals surface area contributed by atoms with Crippen molar-refractivity contribution in [2.75, 3.05) is 6.26 Å². The first-order valence-electron chi connectivity index (χ1n) is 6.89. The first-order valence-corrected chi connectivity index (χ1v) is 8.50. The highest BCUT2D eigenvalue weighted by Crippen LogP contribution is 2.23. The number of rotatable bonds is 2. The Morgan fingerprint density at radius 1 is 1.13 bits per heavy atom. The van der Waals surface area contributed by atoms with Gasteiger partial charge in [0.05, 0.1) is 11.0 Å². The lowest BCUT2D eigenvalue weighted by Gasteiger charge is -2.04. The summed E-state index contributed by atoms with van der Waals surface area (Å²) in [7, 11) is 0. The molecule has 2 aromatic heterocycles. The van der Waals surface area contributed by atoms with Gasteiger partial charge in [-0.25, -0.2) is 9.55 Å². The number of aromatic nitrogens is 4. The molecule has 0 unspecified atom stereocenters. The van der Waals surface area contributed by atoms with E-state index in [2.05, 4.69) is 10.1 Å². The molecule has 2 heterocycles. The highest BCUT2D eigenvalue weighted by atomic mass is 35.5. The number of carbonyl (C=O) groups is 1. The van der Waals surface area contributed by atoms with Gasteiger partial charge in [0.1, 0.15) is 0 Å². The number of para-hydroxylation sites is 2. The van der Waals surface area contributed by atoms with Crippen LogP contribution in [0, 0.1) is 0 Å². The van der Waals surface area contributed by atoms with Gasteiger partial charge in [0.25, 0.3) is 5.91 Å². The first-order chi connectivity index (χ1) is 11.2. The molecule has 0 aliphatic rings. The van der Waals surface area contributed by atoms with Crippen molar-refractivity contribution < 1.29 is 4.79 Å². The van der Waals surface area contributed by atoms with Crippen LogP contribution < -0.4 is 0 Å². The van der Waals surface area contributed by atoms with Crippen LogP contribution >= 0.6 is 23.4 Å². The van der Waals surface area contributed by atoms with Crippen LogP contribution in [0.3, 0.4) is 0 Å². The van der Waals surface area contributed by atoms with Gasteiger partial charge in [-0.1, -0.05) is 35.5 Å². The topological polar surface area (TPSA) is 52.2 Å². The minimum atomic E-state index is -0.177. The van der Waals surface area contributed by atoms with Gasteiger partial charge < -0.3 is 0 Å². The molecule has 2 aromatic carbocycles. The van der Waals surface area contributed by atoms with Crippen LogP contribution in [0.15, 0.2) is 53.7 Å². The summed E-state index contributed by atoms with van der Waals surface area (Å²) >= 11 is 7.30. The molecule has 0 amide bonds. The number of hydrogen-bond acceptors (Lipinski definition) is 4. The van der Waals surface area contributed by atoms with Crippen molar-refractivity contribution in [1.82, 2.24) is 19.2 Å². The smallest absolute Gasteiger partial charge is 0.266 e. The maximum atomic E-state index is 12.9. The maximum Gasteiger partial charge on any atom is 0.266 e. The zero-order valence-corrected chi connectivity index (χ0v) is 13.7. The van der Waals surface area contributed by atoms with Crippen LogP contribution in [0.1, 0.15) is 10.4 Å². The summed E-state index contributed by atoms with van der Waals surface area (Å²) in [6.07, 6.45) is 1.88. The largest absolute Gasteiger partial charge is 0.268 e. The Bertz CT molecular complexity index is 1040. The molecule has 0 spiro atoms. The molecule has 4 aromatic rings. The lowest BCUT2D eigenvalue weighted by molar-refractivity contribution is 0.0954. The molecule has 7 heteroatoms. The third kappa shape index (κ3) is 2.22. The number of fused-ring (bicyclic) bond motifs is 3. The maximum absolute atomic E-state index is 12.9. The summed E-state index contributed by atoms with van der Waals surface area (Å²) in [6, 6.07) is 14.5. The minimum absolute atomic E-state index is 0.177. The Balaban J connectivity index is 1.97. The number of nitrogens with zero attached hydrogens (tertiary/aromatic N) is 4. The summed E-state index contributed by atoms with van der Waals surface area (Å²) in [4.78, 5) is 17.5. The van der Waals surface area contributed by atoms with E-state index in [-0.39, 0.29) is 5.91 Å². The van der Waals surface area contributed by atoms with E-state index >= 15 is 0 Å². The van der Waals surface area contributed by atoms with Gasteiger partial charge in [0, 0.05) is 10.6 Å². The van der Waals surface area contributed by atoms with E-state index in [1.807, 2.05) is 30.5 Å². The van der Waals surface area contributed by atoms with Crippen LogP contribution in [0.4, 0.5) is 0 Å². The average Bonchev–Trinajstić information content (AvgIpc) is 3.10. The third-order valence-electron chi connectivity index (χ3n) is 3.57. The molecule has 0 saturated heterocycles. The van der Waals surface area contributed by atoms with Gasteiger partial charge in [-0.3, -0.25) is 4.79 Å².